The molecule has 25 heavy (non-hydrogen) atoms. The number of aliphatic hydroxyl groups excluding tert-OH is 1. The minimum atomic E-state index is -0.714. The van der Waals surface area contributed by atoms with E-state index in [0.29, 0.717) is 6.42 Å². The highest BCUT2D eigenvalue weighted by Gasteiger charge is 2.30. The maximum atomic E-state index is 11.2. The number of hydrogen-bond acceptors (Lipinski definition) is 2. The summed E-state index contributed by atoms with van der Waals surface area (Å²) in [6, 6.07) is 0. The third kappa shape index (κ3) is 11.4. The van der Waals surface area contributed by atoms with Gasteiger partial charge >= 0.3 is 5.97 Å². The fraction of sp³-hybridized carbons (Fsp3) is 0.857. The third-order valence-electron chi connectivity index (χ3n) is 5.22. The smallest absolute Gasteiger partial charge is 0.306 e. The lowest BCUT2D eigenvalue weighted by Gasteiger charge is -2.41. The summed E-state index contributed by atoms with van der Waals surface area (Å²) >= 11 is 0. The van der Waals surface area contributed by atoms with Gasteiger partial charge in [-0.2, -0.15) is 0 Å². The van der Waals surface area contributed by atoms with Gasteiger partial charge in [-0.05, 0) is 32.1 Å². The molecule has 0 aromatic rings. The largest absolute Gasteiger partial charge is 0.481 e. The number of aliphatic hydroxyl groups is 1. The van der Waals surface area contributed by atoms with Crippen molar-refractivity contribution in [3.63, 3.8) is 0 Å². The number of aliphatic carboxylic acids is 1. The molecule has 0 saturated heterocycles. The zero-order chi connectivity index (χ0) is 19.1. The van der Waals surface area contributed by atoms with E-state index in [1.54, 1.807) is 6.92 Å². The van der Waals surface area contributed by atoms with Gasteiger partial charge in [-0.25, -0.2) is 0 Å². The second-order valence-electron chi connectivity index (χ2n) is 7.66. The van der Waals surface area contributed by atoms with E-state index < -0.39 is 5.97 Å². The van der Waals surface area contributed by atoms with Gasteiger partial charge in [0.2, 0.25) is 0 Å². The van der Waals surface area contributed by atoms with Crippen molar-refractivity contribution < 1.29 is 19.5 Å². The zero-order valence-corrected chi connectivity index (χ0v) is 16.9. The monoisotopic (exact) mass is 356 g/mol. The first-order valence-corrected chi connectivity index (χ1v) is 10.3. The standard InChI is InChI=1S/C21H41NO3/c1-5-8-11-12-13-20(23)18-22(15-9-6-2,16-10-7-3)17-14-19(4)21(24)25/h5,19-20,23H,1,6-18H2,2-4H3/p+1. The lowest BCUT2D eigenvalue weighted by atomic mass is 10.0. The van der Waals surface area contributed by atoms with Crippen molar-refractivity contribution >= 4 is 5.97 Å². The van der Waals surface area contributed by atoms with Crippen LogP contribution in [-0.2, 0) is 4.79 Å². The molecule has 0 aliphatic carbocycles. The Morgan fingerprint density at radius 1 is 1.04 bits per heavy atom. The van der Waals surface area contributed by atoms with Crippen molar-refractivity contribution in [1.29, 1.82) is 0 Å². The highest BCUT2D eigenvalue weighted by atomic mass is 16.4. The van der Waals surface area contributed by atoms with E-state index in [1.165, 1.54) is 0 Å². The van der Waals surface area contributed by atoms with E-state index in [1.807, 2.05) is 6.08 Å². The second-order valence-corrected chi connectivity index (χ2v) is 7.66. The fourth-order valence-corrected chi connectivity index (χ4v) is 3.39. The highest BCUT2D eigenvalue weighted by Crippen LogP contribution is 2.19. The van der Waals surface area contributed by atoms with Gasteiger partial charge in [0.1, 0.15) is 12.6 Å². The molecule has 2 N–H and O–H groups in total. The summed E-state index contributed by atoms with van der Waals surface area (Å²) in [5, 5.41) is 19.8. The summed E-state index contributed by atoms with van der Waals surface area (Å²) in [7, 11) is 0. The summed E-state index contributed by atoms with van der Waals surface area (Å²) < 4.78 is 0.877. The number of allylic oxidation sites excluding steroid dienone is 1. The van der Waals surface area contributed by atoms with Gasteiger partial charge in [0, 0.05) is 6.42 Å². The molecule has 0 amide bonds. The lowest BCUT2D eigenvalue weighted by Crippen LogP contribution is -2.54. The number of hydrogen-bond donors (Lipinski definition) is 2. The van der Waals surface area contributed by atoms with Crippen LogP contribution in [0.25, 0.3) is 0 Å². The van der Waals surface area contributed by atoms with Crippen molar-refractivity contribution in [3.8, 4) is 0 Å². The van der Waals surface area contributed by atoms with Crippen LogP contribution >= 0.6 is 0 Å². The maximum absolute atomic E-state index is 11.2. The van der Waals surface area contributed by atoms with Crippen LogP contribution in [0.1, 0.15) is 78.6 Å². The Kier molecular flexibility index (Phi) is 13.8. The number of quaternary nitrogens is 1. The first-order chi connectivity index (χ1) is 11.9. The zero-order valence-electron chi connectivity index (χ0n) is 16.9. The Morgan fingerprint density at radius 2 is 1.64 bits per heavy atom. The van der Waals surface area contributed by atoms with Gasteiger partial charge in [-0.1, -0.05) is 46.1 Å². The van der Waals surface area contributed by atoms with Crippen molar-refractivity contribution in [2.24, 2.45) is 5.92 Å². The van der Waals surface area contributed by atoms with Crippen molar-refractivity contribution in [2.75, 3.05) is 26.2 Å². The average molecular weight is 357 g/mol. The Bertz CT molecular complexity index is 349. The van der Waals surface area contributed by atoms with Crippen LogP contribution in [0.5, 0.6) is 0 Å². The SMILES string of the molecule is C=CCCCCC(O)C[N+](CCCC)(CCCC)CCC(C)C(=O)O. The van der Waals surface area contributed by atoms with E-state index in [2.05, 4.69) is 20.4 Å². The number of unbranched alkanes of at least 4 members (excludes halogenated alkanes) is 4. The highest BCUT2D eigenvalue weighted by molar-refractivity contribution is 5.69. The molecule has 0 fully saturated rings. The molecule has 0 aromatic heterocycles. The first kappa shape index (κ1) is 24.1. The topological polar surface area (TPSA) is 57.5 Å². The molecular formula is C21H42NO3+. The Morgan fingerprint density at radius 3 is 2.12 bits per heavy atom. The van der Waals surface area contributed by atoms with Crippen LogP contribution in [0.3, 0.4) is 0 Å². The number of carbonyl (C=O) groups is 1. The molecule has 148 valence electrons. The predicted molar refractivity (Wildman–Crippen MR) is 106 cm³/mol. The molecule has 2 unspecified atom stereocenters. The van der Waals surface area contributed by atoms with Crippen molar-refractivity contribution in [2.45, 2.75) is 84.7 Å². The first-order valence-electron chi connectivity index (χ1n) is 10.3. The summed E-state index contributed by atoms with van der Waals surface area (Å²) in [5.41, 5.74) is 0. The molecule has 2 atom stereocenters. The van der Waals surface area contributed by atoms with Crippen LogP contribution in [0.4, 0.5) is 0 Å². The minimum absolute atomic E-state index is 0.293. The van der Waals surface area contributed by atoms with E-state index in [4.69, 9.17) is 0 Å². The number of carboxylic acid groups (broad SMARTS) is 1. The normalized spacial score (nSPS) is 14.2. The maximum Gasteiger partial charge on any atom is 0.306 e. The molecule has 0 spiro atoms. The van der Waals surface area contributed by atoms with Crippen LogP contribution in [0.15, 0.2) is 12.7 Å². The van der Waals surface area contributed by atoms with E-state index in [-0.39, 0.29) is 12.0 Å². The van der Waals surface area contributed by atoms with Gasteiger partial charge in [-0.3, -0.25) is 4.79 Å². The molecular weight excluding hydrogens is 314 g/mol. The summed E-state index contributed by atoms with van der Waals surface area (Å²) in [6.45, 7) is 13.6. The van der Waals surface area contributed by atoms with E-state index in [0.717, 1.165) is 82.0 Å². The molecule has 0 radical (unpaired) electrons. The van der Waals surface area contributed by atoms with Gasteiger partial charge in [-0.15, -0.1) is 6.58 Å². The molecule has 0 saturated carbocycles. The van der Waals surface area contributed by atoms with Crippen molar-refractivity contribution in [1.82, 2.24) is 0 Å². The molecule has 0 aliphatic heterocycles. The minimum Gasteiger partial charge on any atom is -0.481 e. The molecule has 0 heterocycles. The van der Waals surface area contributed by atoms with Crippen molar-refractivity contribution in [3.05, 3.63) is 12.7 Å². The average Bonchev–Trinajstić information content (AvgIpc) is 2.59. The third-order valence-corrected chi connectivity index (χ3v) is 5.22. The van der Waals surface area contributed by atoms with E-state index in [9.17, 15) is 15.0 Å². The van der Waals surface area contributed by atoms with Crippen LogP contribution in [0.2, 0.25) is 0 Å². The summed E-state index contributed by atoms with van der Waals surface area (Å²) in [5.74, 6) is -1.03. The second kappa shape index (κ2) is 14.3. The molecule has 0 aliphatic rings. The summed E-state index contributed by atoms with van der Waals surface area (Å²) in [6.07, 6.45) is 10.8. The molecule has 4 heteroatoms. The number of rotatable bonds is 17. The van der Waals surface area contributed by atoms with Crippen LogP contribution in [-0.4, -0.2) is 52.9 Å². The molecule has 0 aromatic carbocycles. The molecule has 0 bridgehead atoms. The molecule has 0 rings (SSSR count). The van der Waals surface area contributed by atoms with Gasteiger partial charge in [0.25, 0.3) is 0 Å². The number of nitrogens with zero attached hydrogens (tertiary/aromatic N) is 1. The van der Waals surface area contributed by atoms with Crippen LogP contribution < -0.4 is 0 Å². The van der Waals surface area contributed by atoms with Gasteiger partial charge < -0.3 is 14.7 Å². The lowest BCUT2D eigenvalue weighted by molar-refractivity contribution is -0.931. The predicted octanol–water partition coefficient (Wildman–Crippen LogP) is 4.62. The number of carboxylic acids is 1. The Labute approximate surface area is 155 Å². The Balaban J connectivity index is 4.88. The quantitative estimate of drug-likeness (QED) is 0.227. The fourth-order valence-electron chi connectivity index (χ4n) is 3.39. The van der Waals surface area contributed by atoms with Gasteiger partial charge in [0.05, 0.1) is 25.6 Å². The van der Waals surface area contributed by atoms with Crippen LogP contribution in [0, 0.1) is 5.92 Å². The van der Waals surface area contributed by atoms with Gasteiger partial charge in [0.15, 0.2) is 0 Å². The summed E-state index contributed by atoms with van der Waals surface area (Å²) in [4.78, 5) is 11.2. The Hall–Kier alpha value is -0.870. The molecule has 4 nitrogen and oxygen atoms in total. The van der Waals surface area contributed by atoms with E-state index >= 15 is 0 Å².